The van der Waals surface area contributed by atoms with Gasteiger partial charge in [0.25, 0.3) is 0 Å². The predicted octanol–water partition coefficient (Wildman–Crippen LogP) is 4.14. The Bertz CT molecular complexity index is 596. The molecule has 0 heterocycles. The number of nitrogens with two attached hydrogens (primary N) is 1. The summed E-state index contributed by atoms with van der Waals surface area (Å²) in [4.78, 5) is 0. The molecule has 2 N–H and O–H groups in total. The summed E-state index contributed by atoms with van der Waals surface area (Å²) in [5, 5.41) is 0. The first-order valence-electron chi connectivity index (χ1n) is 5.88. The second-order valence-electron chi connectivity index (χ2n) is 4.82. The molecule has 1 nitrogen and oxygen atoms in total. The van der Waals surface area contributed by atoms with E-state index in [2.05, 4.69) is 15.9 Å². The first-order valence-corrected chi connectivity index (χ1v) is 6.67. The first kappa shape index (κ1) is 14.2. The van der Waals surface area contributed by atoms with Crippen LogP contribution in [0, 0.1) is 11.6 Å². The third-order valence-corrected chi connectivity index (χ3v) is 3.74. The molecule has 4 heteroatoms. The number of benzene rings is 2. The molecular formula is C15H14BrF2N. The highest BCUT2D eigenvalue weighted by molar-refractivity contribution is 9.10. The Balaban J connectivity index is 2.31. The second-order valence-corrected chi connectivity index (χ2v) is 5.68. The van der Waals surface area contributed by atoms with E-state index in [1.54, 1.807) is 6.07 Å². The van der Waals surface area contributed by atoms with Crippen molar-refractivity contribution in [1.82, 2.24) is 0 Å². The lowest BCUT2D eigenvalue weighted by Gasteiger charge is -2.26. The van der Waals surface area contributed by atoms with Crippen molar-refractivity contribution < 1.29 is 8.78 Å². The van der Waals surface area contributed by atoms with E-state index in [0.29, 0.717) is 12.0 Å². The van der Waals surface area contributed by atoms with E-state index in [1.807, 2.05) is 31.2 Å². The molecule has 2 aromatic rings. The molecule has 0 fully saturated rings. The maximum absolute atomic E-state index is 13.2. The van der Waals surface area contributed by atoms with Crippen molar-refractivity contribution in [3.05, 3.63) is 69.7 Å². The Morgan fingerprint density at radius 2 is 1.79 bits per heavy atom. The van der Waals surface area contributed by atoms with Crippen LogP contribution in [0.3, 0.4) is 0 Å². The van der Waals surface area contributed by atoms with Gasteiger partial charge in [-0.3, -0.25) is 0 Å². The second kappa shape index (κ2) is 5.39. The summed E-state index contributed by atoms with van der Waals surface area (Å²) in [6, 6.07) is 11.5. The molecule has 1 atom stereocenters. The summed E-state index contributed by atoms with van der Waals surface area (Å²) in [6.45, 7) is 1.87. The maximum Gasteiger partial charge on any atom is 0.159 e. The zero-order valence-corrected chi connectivity index (χ0v) is 12.0. The van der Waals surface area contributed by atoms with Crippen molar-refractivity contribution in [1.29, 1.82) is 0 Å². The predicted molar refractivity (Wildman–Crippen MR) is 75.7 cm³/mol. The number of halogens is 3. The van der Waals surface area contributed by atoms with E-state index in [0.717, 1.165) is 16.1 Å². The van der Waals surface area contributed by atoms with Gasteiger partial charge in [-0.05, 0) is 42.7 Å². The van der Waals surface area contributed by atoms with Crippen LogP contribution in [0.2, 0.25) is 0 Å². The minimum atomic E-state index is -0.847. The molecule has 1 unspecified atom stereocenters. The van der Waals surface area contributed by atoms with E-state index in [1.165, 1.54) is 6.07 Å². The van der Waals surface area contributed by atoms with Gasteiger partial charge in [0.05, 0.1) is 0 Å². The normalized spacial score (nSPS) is 14.2. The molecule has 0 saturated heterocycles. The SMILES string of the molecule is CC(N)(Cc1ccc(F)c(F)c1)c1ccccc1Br. The molecule has 0 radical (unpaired) electrons. The maximum atomic E-state index is 13.2. The fourth-order valence-corrected chi connectivity index (χ4v) is 2.83. The average Bonchev–Trinajstić information content (AvgIpc) is 2.34. The van der Waals surface area contributed by atoms with Gasteiger partial charge in [-0.15, -0.1) is 0 Å². The van der Waals surface area contributed by atoms with Crippen LogP contribution in [0.1, 0.15) is 18.1 Å². The summed E-state index contributed by atoms with van der Waals surface area (Å²) in [6.07, 6.45) is 0.423. The largest absolute Gasteiger partial charge is 0.321 e. The zero-order valence-electron chi connectivity index (χ0n) is 10.5. The van der Waals surface area contributed by atoms with Gasteiger partial charge in [0, 0.05) is 10.0 Å². The molecular weight excluding hydrogens is 312 g/mol. The molecule has 100 valence electrons. The molecule has 0 bridgehead atoms. The molecule has 2 aromatic carbocycles. The van der Waals surface area contributed by atoms with Gasteiger partial charge in [-0.2, -0.15) is 0 Å². The van der Waals surface area contributed by atoms with Gasteiger partial charge >= 0.3 is 0 Å². The third-order valence-electron chi connectivity index (χ3n) is 3.04. The average molecular weight is 326 g/mol. The minimum absolute atomic E-state index is 0.423. The Labute approximate surface area is 119 Å². The summed E-state index contributed by atoms with van der Waals surface area (Å²) in [5.74, 6) is -1.69. The van der Waals surface area contributed by atoms with Crippen molar-refractivity contribution >= 4 is 15.9 Å². The smallest absolute Gasteiger partial charge is 0.159 e. The molecule has 0 aliphatic carbocycles. The summed E-state index contributed by atoms with van der Waals surface area (Å²) in [5.41, 5.74) is 7.25. The molecule has 2 rings (SSSR count). The monoisotopic (exact) mass is 325 g/mol. The van der Waals surface area contributed by atoms with Crippen LogP contribution in [-0.4, -0.2) is 0 Å². The highest BCUT2D eigenvalue weighted by Gasteiger charge is 2.24. The quantitative estimate of drug-likeness (QED) is 0.901. The van der Waals surface area contributed by atoms with Crippen molar-refractivity contribution in [3.63, 3.8) is 0 Å². The number of hydrogen-bond donors (Lipinski definition) is 1. The fraction of sp³-hybridized carbons (Fsp3) is 0.200. The van der Waals surface area contributed by atoms with E-state index >= 15 is 0 Å². The van der Waals surface area contributed by atoms with Crippen molar-refractivity contribution in [2.45, 2.75) is 18.9 Å². The Morgan fingerprint density at radius 3 is 2.42 bits per heavy atom. The molecule has 0 spiro atoms. The summed E-state index contributed by atoms with van der Waals surface area (Å²) >= 11 is 3.46. The van der Waals surface area contributed by atoms with Crippen LogP contribution in [0.15, 0.2) is 46.9 Å². The fourth-order valence-electron chi connectivity index (χ4n) is 2.09. The van der Waals surface area contributed by atoms with Crippen LogP contribution in [0.25, 0.3) is 0 Å². The van der Waals surface area contributed by atoms with Gasteiger partial charge in [0.1, 0.15) is 0 Å². The molecule has 0 aliphatic rings. The Hall–Kier alpha value is -1.26. The van der Waals surface area contributed by atoms with Crippen LogP contribution < -0.4 is 5.73 Å². The van der Waals surface area contributed by atoms with Gasteiger partial charge in [0.15, 0.2) is 11.6 Å². The van der Waals surface area contributed by atoms with E-state index in [4.69, 9.17) is 5.73 Å². The van der Waals surface area contributed by atoms with Crippen LogP contribution >= 0.6 is 15.9 Å². The van der Waals surface area contributed by atoms with Gasteiger partial charge in [-0.1, -0.05) is 40.2 Å². The van der Waals surface area contributed by atoms with E-state index in [-0.39, 0.29) is 0 Å². The standard InChI is InChI=1S/C15H14BrF2N/c1-15(19,11-4-2-3-5-12(11)16)9-10-6-7-13(17)14(18)8-10/h2-8H,9,19H2,1H3. The van der Waals surface area contributed by atoms with Crippen LogP contribution in [0.4, 0.5) is 8.78 Å². The molecule has 0 amide bonds. The summed E-state index contributed by atoms with van der Waals surface area (Å²) < 4.78 is 27.0. The van der Waals surface area contributed by atoms with E-state index in [9.17, 15) is 8.78 Å². The van der Waals surface area contributed by atoms with Gasteiger partial charge in [0.2, 0.25) is 0 Å². The zero-order chi connectivity index (χ0) is 14.0. The first-order chi connectivity index (χ1) is 8.90. The molecule has 19 heavy (non-hydrogen) atoms. The third kappa shape index (κ3) is 3.19. The topological polar surface area (TPSA) is 26.0 Å². The van der Waals surface area contributed by atoms with E-state index < -0.39 is 17.2 Å². The van der Waals surface area contributed by atoms with Crippen molar-refractivity contribution in [2.75, 3.05) is 0 Å². The molecule has 0 aliphatic heterocycles. The highest BCUT2D eigenvalue weighted by atomic mass is 79.9. The van der Waals surface area contributed by atoms with Crippen LogP contribution in [0.5, 0.6) is 0 Å². The van der Waals surface area contributed by atoms with Crippen LogP contribution in [-0.2, 0) is 12.0 Å². The van der Waals surface area contributed by atoms with Crippen molar-refractivity contribution in [2.24, 2.45) is 5.73 Å². The minimum Gasteiger partial charge on any atom is -0.321 e. The molecule has 0 saturated carbocycles. The Morgan fingerprint density at radius 1 is 1.11 bits per heavy atom. The Kier molecular flexibility index (Phi) is 4.02. The number of rotatable bonds is 3. The molecule has 0 aromatic heterocycles. The van der Waals surface area contributed by atoms with Gasteiger partial charge < -0.3 is 5.73 Å². The highest BCUT2D eigenvalue weighted by Crippen LogP contribution is 2.29. The lowest BCUT2D eigenvalue weighted by Crippen LogP contribution is -2.35. The van der Waals surface area contributed by atoms with Crippen molar-refractivity contribution in [3.8, 4) is 0 Å². The van der Waals surface area contributed by atoms with Gasteiger partial charge in [-0.25, -0.2) is 8.78 Å². The number of hydrogen-bond acceptors (Lipinski definition) is 1. The lowest BCUT2D eigenvalue weighted by molar-refractivity contribution is 0.478. The summed E-state index contributed by atoms with van der Waals surface area (Å²) in [7, 11) is 0. The lowest BCUT2D eigenvalue weighted by atomic mass is 9.86.